The lowest BCUT2D eigenvalue weighted by Gasteiger charge is -2.36. The summed E-state index contributed by atoms with van der Waals surface area (Å²) in [6, 6.07) is 29.4. The van der Waals surface area contributed by atoms with Crippen LogP contribution in [0.2, 0.25) is 0 Å². The van der Waals surface area contributed by atoms with E-state index in [4.69, 9.17) is 9.47 Å². The molecule has 2 aliphatic carbocycles. The van der Waals surface area contributed by atoms with Crippen molar-refractivity contribution < 1.29 is 19.1 Å². The lowest BCUT2D eigenvalue weighted by Crippen LogP contribution is -2.35. The fourth-order valence-corrected chi connectivity index (χ4v) is 9.67. The summed E-state index contributed by atoms with van der Waals surface area (Å²) in [5.74, 6) is 2.33. The second-order valence-electron chi connectivity index (χ2n) is 17.0. The molecule has 6 aromatic rings. The maximum Gasteiger partial charge on any atom is 0.338 e. The maximum absolute atomic E-state index is 13.9. The highest BCUT2D eigenvalue weighted by Crippen LogP contribution is 2.41. The summed E-state index contributed by atoms with van der Waals surface area (Å²) < 4.78 is 12.7. The van der Waals surface area contributed by atoms with Gasteiger partial charge in [-0.1, -0.05) is 115 Å². The molecular weight excluding hydrogens is 641 g/mol. The minimum absolute atomic E-state index is 0.0609. The Morgan fingerprint density at radius 1 is 0.500 bits per heavy atom. The summed E-state index contributed by atoms with van der Waals surface area (Å²) in [5, 5.41) is 10.9. The van der Waals surface area contributed by atoms with E-state index in [9.17, 15) is 9.59 Å². The first-order valence-corrected chi connectivity index (χ1v) is 19.7. The van der Waals surface area contributed by atoms with Crippen LogP contribution in [0.25, 0.3) is 53.9 Å². The van der Waals surface area contributed by atoms with Crippen molar-refractivity contribution in [2.24, 2.45) is 35.5 Å². The van der Waals surface area contributed by atoms with Gasteiger partial charge in [-0.3, -0.25) is 0 Å². The first kappa shape index (κ1) is 34.6. The highest BCUT2D eigenvalue weighted by molar-refractivity contribution is 6.32. The standard InChI is InChI=1S/C48H52O4/c1-27(2)38-21-7-29(5)23-42(38)51-47(49)36-19-11-31-9-13-33-15-17-35-18-16-34-14-10-32-12-20-37(26-41(32)45(34)46(35)44(33)40(31)25-36)48(50)52-43-24-30(6)8-22-39(43)28(3)4/h9-20,25-30,38-39,42-43H,7-8,21-24H2,1-6H3/t29-,30-,38+,39+,42-,43-/m0/s1. The molecule has 4 nitrogen and oxygen atoms in total. The molecule has 4 heteroatoms. The van der Waals surface area contributed by atoms with Gasteiger partial charge in [-0.15, -0.1) is 0 Å². The zero-order valence-corrected chi connectivity index (χ0v) is 31.6. The number of ether oxygens (including phenoxy) is 2. The van der Waals surface area contributed by atoms with Crippen LogP contribution in [-0.2, 0) is 9.47 Å². The van der Waals surface area contributed by atoms with Gasteiger partial charge in [0.2, 0.25) is 0 Å². The first-order chi connectivity index (χ1) is 25.0. The highest BCUT2D eigenvalue weighted by atomic mass is 16.5. The second kappa shape index (κ2) is 13.8. The maximum atomic E-state index is 13.9. The monoisotopic (exact) mass is 692 g/mol. The van der Waals surface area contributed by atoms with E-state index >= 15 is 0 Å². The van der Waals surface area contributed by atoms with Gasteiger partial charge in [0.15, 0.2) is 0 Å². The number of benzene rings is 6. The van der Waals surface area contributed by atoms with E-state index in [0.717, 1.165) is 79.5 Å². The summed E-state index contributed by atoms with van der Waals surface area (Å²) in [4.78, 5) is 27.7. The molecule has 2 aliphatic rings. The molecule has 0 saturated heterocycles. The molecule has 0 amide bonds. The Morgan fingerprint density at radius 2 is 0.846 bits per heavy atom. The van der Waals surface area contributed by atoms with Crippen molar-refractivity contribution in [3.05, 3.63) is 96.1 Å². The largest absolute Gasteiger partial charge is 0.458 e. The molecule has 268 valence electrons. The van der Waals surface area contributed by atoms with E-state index in [-0.39, 0.29) is 24.1 Å². The average Bonchev–Trinajstić information content (AvgIpc) is 3.13. The van der Waals surface area contributed by atoms with Gasteiger partial charge in [0.05, 0.1) is 11.1 Å². The topological polar surface area (TPSA) is 52.6 Å². The molecule has 0 N–H and O–H groups in total. The third-order valence-electron chi connectivity index (χ3n) is 12.7. The molecule has 8 rings (SSSR count). The van der Waals surface area contributed by atoms with E-state index < -0.39 is 0 Å². The van der Waals surface area contributed by atoms with Gasteiger partial charge in [0, 0.05) is 0 Å². The quantitative estimate of drug-likeness (QED) is 0.129. The zero-order valence-electron chi connectivity index (χ0n) is 31.6. The molecule has 2 saturated carbocycles. The van der Waals surface area contributed by atoms with Crippen molar-refractivity contribution in [1.82, 2.24) is 0 Å². The van der Waals surface area contributed by atoms with Crippen LogP contribution in [0.4, 0.5) is 0 Å². The SMILES string of the molecule is CC(C)[C@H]1CC[C@H](C)C[C@@H]1OC(=O)c1ccc2ccc3ccc4ccc5ccc6ccc(C(=O)O[C@H]7C[C@@H](C)CC[C@@H]7C(C)C)cc6c5c4c3c2c1. The number of rotatable bonds is 6. The molecule has 0 bridgehead atoms. The predicted octanol–water partition coefficient (Wildman–Crippen LogP) is 12.7. The number of carbonyl (C=O) groups is 2. The minimum Gasteiger partial charge on any atom is -0.458 e. The molecule has 52 heavy (non-hydrogen) atoms. The Kier molecular flexibility index (Phi) is 9.22. The van der Waals surface area contributed by atoms with E-state index in [2.05, 4.69) is 102 Å². The molecule has 0 unspecified atom stereocenters. The van der Waals surface area contributed by atoms with Crippen LogP contribution in [0, 0.1) is 35.5 Å². The number of carbonyl (C=O) groups excluding carboxylic acids is 2. The van der Waals surface area contributed by atoms with Gasteiger partial charge in [-0.05, 0) is 139 Å². The van der Waals surface area contributed by atoms with Crippen molar-refractivity contribution in [1.29, 1.82) is 0 Å². The Labute approximate surface area is 307 Å². The number of fused-ring (bicyclic) bond motifs is 9. The van der Waals surface area contributed by atoms with Crippen LogP contribution in [0.1, 0.15) is 101 Å². The van der Waals surface area contributed by atoms with Crippen LogP contribution in [0.5, 0.6) is 0 Å². The summed E-state index contributed by atoms with van der Waals surface area (Å²) in [6.45, 7) is 13.5. The van der Waals surface area contributed by atoms with Gasteiger partial charge < -0.3 is 9.47 Å². The minimum atomic E-state index is -0.241. The third-order valence-corrected chi connectivity index (χ3v) is 12.7. The first-order valence-electron chi connectivity index (χ1n) is 19.7. The smallest absolute Gasteiger partial charge is 0.338 e. The fourth-order valence-electron chi connectivity index (χ4n) is 9.67. The molecule has 0 heterocycles. The lowest BCUT2D eigenvalue weighted by atomic mass is 9.75. The number of hydrogen-bond acceptors (Lipinski definition) is 4. The Hall–Kier alpha value is -4.44. The normalized spacial score (nSPS) is 24.0. The van der Waals surface area contributed by atoms with E-state index in [1.807, 2.05) is 24.3 Å². The van der Waals surface area contributed by atoms with Gasteiger partial charge in [-0.25, -0.2) is 9.59 Å². The Balaban J connectivity index is 1.26. The Bertz CT molecular complexity index is 2160. The second-order valence-corrected chi connectivity index (χ2v) is 17.0. The summed E-state index contributed by atoms with van der Waals surface area (Å²) in [6.07, 6.45) is 6.30. The third kappa shape index (κ3) is 6.33. The Morgan fingerprint density at radius 3 is 1.23 bits per heavy atom. The number of hydrogen-bond donors (Lipinski definition) is 0. The van der Waals surface area contributed by atoms with Crippen LogP contribution < -0.4 is 0 Å². The molecule has 2 fully saturated rings. The van der Waals surface area contributed by atoms with E-state index in [0.29, 0.717) is 46.6 Å². The lowest BCUT2D eigenvalue weighted by molar-refractivity contribution is -0.0181. The summed E-state index contributed by atoms with van der Waals surface area (Å²) in [5.41, 5.74) is 1.18. The molecule has 0 aliphatic heterocycles. The summed E-state index contributed by atoms with van der Waals surface area (Å²) >= 11 is 0. The van der Waals surface area contributed by atoms with Gasteiger partial charge >= 0.3 is 11.9 Å². The van der Waals surface area contributed by atoms with E-state index in [1.165, 1.54) is 12.8 Å². The molecule has 0 spiro atoms. The van der Waals surface area contributed by atoms with Crippen molar-refractivity contribution >= 4 is 65.8 Å². The summed E-state index contributed by atoms with van der Waals surface area (Å²) in [7, 11) is 0. The highest BCUT2D eigenvalue weighted by Gasteiger charge is 2.35. The molecule has 0 radical (unpaired) electrons. The molecular formula is C48H52O4. The van der Waals surface area contributed by atoms with Crippen molar-refractivity contribution in [3.63, 3.8) is 0 Å². The van der Waals surface area contributed by atoms with Gasteiger partial charge in [0.25, 0.3) is 0 Å². The van der Waals surface area contributed by atoms with Gasteiger partial charge in [0.1, 0.15) is 12.2 Å². The van der Waals surface area contributed by atoms with Crippen LogP contribution in [0.15, 0.2) is 84.9 Å². The molecule has 6 atom stereocenters. The molecule has 0 aromatic heterocycles. The zero-order chi connectivity index (χ0) is 36.3. The van der Waals surface area contributed by atoms with Crippen molar-refractivity contribution in [2.45, 2.75) is 92.3 Å². The van der Waals surface area contributed by atoms with Crippen molar-refractivity contribution in [2.75, 3.05) is 0 Å². The fraction of sp³-hybridized carbons (Fsp3) is 0.417. The van der Waals surface area contributed by atoms with E-state index in [1.54, 1.807) is 0 Å². The van der Waals surface area contributed by atoms with Crippen LogP contribution in [-0.4, -0.2) is 24.1 Å². The average molecular weight is 693 g/mol. The molecule has 6 aromatic carbocycles. The van der Waals surface area contributed by atoms with Crippen molar-refractivity contribution in [3.8, 4) is 0 Å². The van der Waals surface area contributed by atoms with Gasteiger partial charge in [-0.2, -0.15) is 0 Å². The number of esters is 2. The van der Waals surface area contributed by atoms with Crippen LogP contribution in [0.3, 0.4) is 0 Å². The van der Waals surface area contributed by atoms with Crippen LogP contribution >= 0.6 is 0 Å². The predicted molar refractivity (Wildman–Crippen MR) is 215 cm³/mol.